The number of nitrogens with one attached hydrogen (secondary N) is 2. The van der Waals surface area contributed by atoms with E-state index in [9.17, 15) is 4.79 Å². The van der Waals surface area contributed by atoms with Crippen LogP contribution < -0.4 is 10.6 Å². The van der Waals surface area contributed by atoms with Gasteiger partial charge >= 0.3 is 6.09 Å². The van der Waals surface area contributed by atoms with Gasteiger partial charge in [-0.25, -0.2) is 9.78 Å². The summed E-state index contributed by atoms with van der Waals surface area (Å²) in [5, 5.41) is 6.02. The highest BCUT2D eigenvalue weighted by Crippen LogP contribution is 2.30. The van der Waals surface area contributed by atoms with Crippen molar-refractivity contribution in [1.29, 1.82) is 0 Å². The molecule has 0 bridgehead atoms. The van der Waals surface area contributed by atoms with Crippen LogP contribution in [0.2, 0.25) is 0 Å². The Labute approximate surface area is 149 Å². The molecule has 0 saturated heterocycles. The molecule has 0 radical (unpaired) electrons. The van der Waals surface area contributed by atoms with Crippen molar-refractivity contribution in [2.75, 3.05) is 10.6 Å². The van der Waals surface area contributed by atoms with Crippen LogP contribution in [0.15, 0.2) is 42.6 Å². The number of nitrogens with zero attached hydrogens (tertiary/aromatic N) is 1. The normalized spacial score (nSPS) is 11.8. The minimum Gasteiger partial charge on any atom is -0.444 e. The molecule has 0 unspecified atom stereocenters. The van der Waals surface area contributed by atoms with Gasteiger partial charge in [0.25, 0.3) is 0 Å². The third-order valence-electron chi connectivity index (χ3n) is 3.41. The summed E-state index contributed by atoms with van der Waals surface area (Å²) in [5.41, 5.74) is 2.32. The number of carbonyl (C=O) groups excluding carboxylic acids is 1. The lowest BCUT2D eigenvalue weighted by Crippen LogP contribution is -2.27. The second-order valence-corrected chi connectivity index (χ2v) is 7.98. The zero-order valence-corrected chi connectivity index (χ0v) is 15.8. The molecular weight excluding hydrogens is 314 g/mol. The standard InChI is InChI=1S/C20H27N3O2/c1-19(2,3)15-9-7-8-10-16(15)23-17-12-11-14(13-21-17)22-18(24)25-20(4,5)6/h7-13H,1-6H3,(H,21,23)(H,22,24). The Morgan fingerprint density at radius 3 is 2.24 bits per heavy atom. The second kappa shape index (κ2) is 7.13. The average Bonchev–Trinajstić information content (AvgIpc) is 2.47. The van der Waals surface area contributed by atoms with Crippen LogP contribution in [-0.4, -0.2) is 16.7 Å². The van der Waals surface area contributed by atoms with Gasteiger partial charge in [0, 0.05) is 5.69 Å². The summed E-state index contributed by atoms with van der Waals surface area (Å²) in [5.74, 6) is 0.714. The van der Waals surface area contributed by atoms with Crippen LogP contribution in [-0.2, 0) is 10.2 Å². The largest absolute Gasteiger partial charge is 0.444 e. The lowest BCUT2D eigenvalue weighted by molar-refractivity contribution is 0.0636. The molecule has 0 fully saturated rings. The number of hydrogen-bond donors (Lipinski definition) is 2. The molecule has 2 N–H and O–H groups in total. The van der Waals surface area contributed by atoms with E-state index in [0.29, 0.717) is 11.5 Å². The van der Waals surface area contributed by atoms with Crippen molar-refractivity contribution in [3.63, 3.8) is 0 Å². The number of rotatable bonds is 3. The van der Waals surface area contributed by atoms with E-state index < -0.39 is 11.7 Å². The maximum Gasteiger partial charge on any atom is 0.412 e. The first-order valence-corrected chi connectivity index (χ1v) is 8.37. The molecule has 134 valence electrons. The molecule has 2 rings (SSSR count). The molecule has 0 atom stereocenters. The van der Waals surface area contributed by atoms with Gasteiger partial charge in [0.05, 0.1) is 11.9 Å². The summed E-state index contributed by atoms with van der Waals surface area (Å²) in [6.07, 6.45) is 1.11. The molecule has 1 aromatic heterocycles. The summed E-state index contributed by atoms with van der Waals surface area (Å²) in [7, 11) is 0. The van der Waals surface area contributed by atoms with Crippen molar-refractivity contribution < 1.29 is 9.53 Å². The lowest BCUT2D eigenvalue weighted by Gasteiger charge is -2.23. The molecule has 0 spiro atoms. The van der Waals surface area contributed by atoms with Crippen LogP contribution in [0.5, 0.6) is 0 Å². The molecule has 1 heterocycles. The minimum atomic E-state index is -0.532. The highest BCUT2D eigenvalue weighted by Gasteiger charge is 2.18. The molecule has 1 amide bonds. The molecule has 0 aliphatic rings. The van der Waals surface area contributed by atoms with E-state index in [-0.39, 0.29) is 5.41 Å². The number of carbonyl (C=O) groups is 1. The van der Waals surface area contributed by atoms with Crippen molar-refractivity contribution in [3.8, 4) is 0 Å². The van der Waals surface area contributed by atoms with Crippen molar-refractivity contribution in [2.45, 2.75) is 52.6 Å². The fourth-order valence-corrected chi connectivity index (χ4v) is 2.35. The van der Waals surface area contributed by atoms with Crippen molar-refractivity contribution in [2.24, 2.45) is 0 Å². The van der Waals surface area contributed by atoms with Gasteiger partial charge in [-0.05, 0) is 49.9 Å². The minimum absolute atomic E-state index is 0.0296. The lowest BCUT2D eigenvalue weighted by atomic mass is 9.86. The number of para-hydroxylation sites is 1. The van der Waals surface area contributed by atoms with Crippen LogP contribution in [0.3, 0.4) is 0 Å². The van der Waals surface area contributed by atoms with E-state index in [1.807, 2.05) is 45.0 Å². The van der Waals surface area contributed by atoms with Gasteiger partial charge in [-0.3, -0.25) is 5.32 Å². The Morgan fingerprint density at radius 1 is 1.00 bits per heavy atom. The van der Waals surface area contributed by atoms with Crippen molar-refractivity contribution in [1.82, 2.24) is 4.98 Å². The molecular formula is C20H27N3O2. The number of benzene rings is 1. The van der Waals surface area contributed by atoms with Crippen LogP contribution in [0.1, 0.15) is 47.1 Å². The summed E-state index contributed by atoms with van der Waals surface area (Å²) in [6, 6.07) is 11.8. The number of pyridine rings is 1. The van der Waals surface area contributed by atoms with E-state index in [2.05, 4.69) is 42.5 Å². The number of aromatic nitrogens is 1. The molecule has 25 heavy (non-hydrogen) atoms. The topological polar surface area (TPSA) is 63.2 Å². The molecule has 0 saturated carbocycles. The highest BCUT2D eigenvalue weighted by molar-refractivity contribution is 5.84. The molecule has 1 aromatic carbocycles. The quantitative estimate of drug-likeness (QED) is 0.777. The third-order valence-corrected chi connectivity index (χ3v) is 3.41. The smallest absolute Gasteiger partial charge is 0.412 e. The summed E-state index contributed by atoms with van der Waals surface area (Å²) in [6.45, 7) is 12.0. The van der Waals surface area contributed by atoms with E-state index in [1.54, 1.807) is 12.3 Å². The Bertz CT molecular complexity index is 726. The van der Waals surface area contributed by atoms with Crippen molar-refractivity contribution in [3.05, 3.63) is 48.2 Å². The number of amides is 1. The zero-order chi connectivity index (χ0) is 18.7. The Hall–Kier alpha value is -2.56. The number of hydrogen-bond acceptors (Lipinski definition) is 4. The van der Waals surface area contributed by atoms with Gasteiger partial charge in [0.1, 0.15) is 11.4 Å². The maximum atomic E-state index is 11.8. The van der Waals surface area contributed by atoms with E-state index in [4.69, 9.17) is 4.74 Å². The average molecular weight is 341 g/mol. The summed E-state index contributed by atoms with van der Waals surface area (Å²) >= 11 is 0. The van der Waals surface area contributed by atoms with Crippen LogP contribution in [0.4, 0.5) is 22.0 Å². The van der Waals surface area contributed by atoms with E-state index in [0.717, 1.165) is 5.69 Å². The van der Waals surface area contributed by atoms with Gasteiger partial charge in [0.15, 0.2) is 0 Å². The van der Waals surface area contributed by atoms with E-state index >= 15 is 0 Å². The Morgan fingerprint density at radius 2 is 1.68 bits per heavy atom. The number of anilines is 3. The second-order valence-electron chi connectivity index (χ2n) is 7.98. The maximum absolute atomic E-state index is 11.8. The predicted octanol–water partition coefficient (Wildman–Crippen LogP) is 5.47. The third kappa shape index (κ3) is 5.78. The summed E-state index contributed by atoms with van der Waals surface area (Å²) in [4.78, 5) is 16.1. The predicted molar refractivity (Wildman–Crippen MR) is 103 cm³/mol. The molecule has 0 aliphatic carbocycles. The van der Waals surface area contributed by atoms with Gasteiger partial charge in [-0.2, -0.15) is 0 Å². The first-order chi connectivity index (χ1) is 11.5. The van der Waals surface area contributed by atoms with Crippen LogP contribution in [0.25, 0.3) is 0 Å². The Kier molecular flexibility index (Phi) is 5.36. The fraction of sp³-hybridized carbons (Fsp3) is 0.400. The summed E-state index contributed by atoms with van der Waals surface area (Å²) < 4.78 is 5.23. The highest BCUT2D eigenvalue weighted by atomic mass is 16.6. The van der Waals surface area contributed by atoms with Crippen molar-refractivity contribution >= 4 is 23.3 Å². The number of ether oxygens (including phenoxy) is 1. The first kappa shape index (κ1) is 18.8. The van der Waals surface area contributed by atoms with Gasteiger partial charge in [-0.15, -0.1) is 0 Å². The van der Waals surface area contributed by atoms with Crippen LogP contribution in [0, 0.1) is 0 Å². The molecule has 2 aromatic rings. The van der Waals surface area contributed by atoms with Gasteiger partial charge in [0.2, 0.25) is 0 Å². The molecule has 0 aliphatic heterocycles. The molecule has 5 nitrogen and oxygen atoms in total. The van der Waals surface area contributed by atoms with Gasteiger partial charge < -0.3 is 10.1 Å². The fourth-order valence-electron chi connectivity index (χ4n) is 2.35. The zero-order valence-electron chi connectivity index (χ0n) is 15.8. The van der Waals surface area contributed by atoms with Crippen LogP contribution >= 0.6 is 0 Å². The first-order valence-electron chi connectivity index (χ1n) is 8.37. The monoisotopic (exact) mass is 341 g/mol. The SMILES string of the molecule is CC(C)(C)OC(=O)Nc1ccc(Nc2ccccc2C(C)(C)C)nc1. The van der Waals surface area contributed by atoms with Gasteiger partial charge in [-0.1, -0.05) is 39.0 Å². The Balaban J connectivity index is 2.08. The molecule has 5 heteroatoms. The van der Waals surface area contributed by atoms with E-state index in [1.165, 1.54) is 5.56 Å².